The van der Waals surface area contributed by atoms with E-state index in [9.17, 15) is 13.2 Å². The number of alkyl halides is 3. The summed E-state index contributed by atoms with van der Waals surface area (Å²) in [7, 11) is 0. The van der Waals surface area contributed by atoms with Crippen molar-refractivity contribution in [2.24, 2.45) is 5.92 Å². The molecule has 0 bridgehead atoms. The molecule has 128 valence electrons. The number of thiophene rings is 1. The molecule has 2 aromatic heterocycles. The Morgan fingerprint density at radius 3 is 2.74 bits per heavy atom. The maximum absolute atomic E-state index is 12.5. The molecule has 2 atom stereocenters. The summed E-state index contributed by atoms with van der Waals surface area (Å²) < 4.78 is 37.6. The van der Waals surface area contributed by atoms with Crippen LogP contribution in [0.15, 0.2) is 12.4 Å². The molecule has 0 unspecified atom stereocenters. The van der Waals surface area contributed by atoms with E-state index in [0.717, 1.165) is 42.2 Å². The molecule has 2 aliphatic heterocycles. The van der Waals surface area contributed by atoms with Crippen LogP contribution in [0, 0.1) is 5.92 Å². The van der Waals surface area contributed by atoms with Gasteiger partial charge in [0.2, 0.25) is 0 Å². The summed E-state index contributed by atoms with van der Waals surface area (Å²) in [6.45, 7) is 2.84. The molecule has 0 radical (unpaired) electrons. The Kier molecular flexibility index (Phi) is 5.39. The molecule has 1 N–H and O–H groups in total. The minimum Gasteiger partial charge on any atom is -0.351 e. The van der Waals surface area contributed by atoms with Crippen LogP contribution < -0.4 is 10.2 Å². The molecule has 0 saturated carbocycles. The summed E-state index contributed by atoms with van der Waals surface area (Å²) in [5, 5.41) is 4.08. The standard InChI is InChI=1S/C13H13F3N4S.2H2S/c14-13(15,16)2-8-1-9-11(18-6-19-12(9)21-8)20-5-7-3-17-4-10(7)20;;/h1,6-7,10,17H,2-5H2;2*1H2/t7-,10-;;/m0../s1. The smallest absolute Gasteiger partial charge is 0.351 e. The van der Waals surface area contributed by atoms with E-state index in [1.165, 1.54) is 6.33 Å². The lowest BCUT2D eigenvalue weighted by Gasteiger charge is -2.44. The molecule has 10 heteroatoms. The summed E-state index contributed by atoms with van der Waals surface area (Å²) in [6.07, 6.45) is -3.64. The lowest BCUT2D eigenvalue weighted by Crippen LogP contribution is -2.56. The fourth-order valence-corrected chi connectivity index (χ4v) is 4.19. The van der Waals surface area contributed by atoms with E-state index in [1.54, 1.807) is 6.07 Å². The normalized spacial score (nSPS) is 23.0. The van der Waals surface area contributed by atoms with Crippen LogP contribution in [0.1, 0.15) is 4.88 Å². The average molecular weight is 383 g/mol. The molecular weight excluding hydrogens is 365 g/mol. The first-order valence-electron chi connectivity index (χ1n) is 6.79. The van der Waals surface area contributed by atoms with Crippen LogP contribution in [0.5, 0.6) is 0 Å². The quantitative estimate of drug-likeness (QED) is 0.866. The van der Waals surface area contributed by atoms with Gasteiger partial charge in [0.1, 0.15) is 17.0 Å². The molecule has 0 spiro atoms. The predicted molar refractivity (Wildman–Crippen MR) is 95.4 cm³/mol. The number of anilines is 1. The number of aromatic nitrogens is 2. The Labute approximate surface area is 149 Å². The van der Waals surface area contributed by atoms with Crippen LogP contribution in [0.2, 0.25) is 0 Å². The second kappa shape index (κ2) is 6.66. The molecule has 4 heterocycles. The second-order valence-corrected chi connectivity index (χ2v) is 6.67. The Morgan fingerprint density at radius 2 is 2.04 bits per heavy atom. The summed E-state index contributed by atoms with van der Waals surface area (Å²) in [5.41, 5.74) is 0. The number of hydrogen-bond acceptors (Lipinski definition) is 5. The first kappa shape index (κ1) is 18.6. The van der Waals surface area contributed by atoms with Crippen molar-refractivity contribution in [2.75, 3.05) is 24.5 Å². The van der Waals surface area contributed by atoms with Crippen LogP contribution >= 0.6 is 38.3 Å². The zero-order valence-electron chi connectivity index (χ0n) is 12.0. The Balaban J connectivity index is 0.000000960. The molecule has 0 aromatic carbocycles. The van der Waals surface area contributed by atoms with Gasteiger partial charge in [0.25, 0.3) is 0 Å². The van der Waals surface area contributed by atoms with Gasteiger partial charge in [-0.05, 0) is 6.07 Å². The monoisotopic (exact) mass is 382 g/mol. The van der Waals surface area contributed by atoms with E-state index in [0.29, 0.717) is 21.7 Å². The average Bonchev–Trinajstić information content (AvgIpc) is 2.92. The van der Waals surface area contributed by atoms with Crippen LogP contribution in [-0.4, -0.2) is 41.8 Å². The number of rotatable bonds is 2. The number of nitrogens with one attached hydrogen (secondary N) is 1. The highest BCUT2D eigenvalue weighted by molar-refractivity contribution is 7.59. The largest absolute Gasteiger partial charge is 0.393 e. The zero-order chi connectivity index (χ0) is 14.6. The molecular formula is C13H17F3N4S3. The maximum Gasteiger partial charge on any atom is 0.393 e. The zero-order valence-corrected chi connectivity index (χ0v) is 14.8. The van der Waals surface area contributed by atoms with Crippen molar-refractivity contribution < 1.29 is 13.2 Å². The van der Waals surface area contributed by atoms with E-state index < -0.39 is 12.6 Å². The minimum atomic E-state index is -4.19. The Morgan fingerprint density at radius 1 is 1.26 bits per heavy atom. The molecule has 4 rings (SSSR count). The lowest BCUT2D eigenvalue weighted by atomic mass is 9.92. The molecule has 2 fully saturated rings. The van der Waals surface area contributed by atoms with Gasteiger partial charge in [0.15, 0.2) is 0 Å². The third-order valence-corrected chi connectivity index (χ3v) is 5.18. The molecule has 23 heavy (non-hydrogen) atoms. The predicted octanol–water partition coefficient (Wildman–Crippen LogP) is 2.43. The Hall–Kier alpha value is -0.710. The molecule has 2 saturated heterocycles. The van der Waals surface area contributed by atoms with Crippen molar-refractivity contribution in [2.45, 2.75) is 18.6 Å². The number of nitrogens with zero attached hydrogens (tertiary/aromatic N) is 3. The van der Waals surface area contributed by atoms with Crippen molar-refractivity contribution in [1.82, 2.24) is 15.3 Å². The van der Waals surface area contributed by atoms with E-state index >= 15 is 0 Å². The summed E-state index contributed by atoms with van der Waals surface area (Å²) >= 11 is 1.10. The van der Waals surface area contributed by atoms with Gasteiger partial charge in [-0.1, -0.05) is 0 Å². The topological polar surface area (TPSA) is 41.0 Å². The molecule has 0 amide bonds. The molecule has 2 aliphatic rings. The third-order valence-electron chi connectivity index (χ3n) is 4.14. The van der Waals surface area contributed by atoms with Gasteiger partial charge >= 0.3 is 6.18 Å². The maximum atomic E-state index is 12.5. The van der Waals surface area contributed by atoms with Crippen LogP contribution in [-0.2, 0) is 6.42 Å². The highest BCUT2D eigenvalue weighted by Crippen LogP contribution is 2.38. The van der Waals surface area contributed by atoms with E-state index in [1.807, 2.05) is 0 Å². The first-order chi connectivity index (χ1) is 10.0. The van der Waals surface area contributed by atoms with Gasteiger partial charge in [-0.2, -0.15) is 40.2 Å². The third kappa shape index (κ3) is 3.40. The minimum absolute atomic E-state index is 0. The Bertz CT molecular complexity index is 691. The molecule has 0 aliphatic carbocycles. The van der Waals surface area contributed by atoms with Gasteiger partial charge in [-0.15, -0.1) is 11.3 Å². The lowest BCUT2D eigenvalue weighted by molar-refractivity contribution is -0.126. The van der Waals surface area contributed by atoms with E-state index in [4.69, 9.17) is 0 Å². The fourth-order valence-electron chi connectivity index (χ4n) is 3.17. The molecule has 4 nitrogen and oxygen atoms in total. The van der Waals surface area contributed by atoms with Crippen molar-refractivity contribution in [1.29, 1.82) is 0 Å². The van der Waals surface area contributed by atoms with Crippen LogP contribution in [0.25, 0.3) is 10.2 Å². The van der Waals surface area contributed by atoms with Crippen molar-refractivity contribution in [3.05, 3.63) is 17.3 Å². The number of halogens is 3. The summed E-state index contributed by atoms with van der Waals surface area (Å²) in [4.78, 5) is 11.5. The fraction of sp³-hybridized carbons (Fsp3) is 0.538. The van der Waals surface area contributed by atoms with Crippen molar-refractivity contribution in [3.63, 3.8) is 0 Å². The van der Waals surface area contributed by atoms with Gasteiger partial charge < -0.3 is 10.2 Å². The highest BCUT2D eigenvalue weighted by Gasteiger charge is 2.43. The molecule has 2 aromatic rings. The second-order valence-electron chi connectivity index (χ2n) is 5.56. The highest BCUT2D eigenvalue weighted by atomic mass is 32.1. The number of hydrogen-bond donors (Lipinski definition) is 1. The van der Waals surface area contributed by atoms with Crippen LogP contribution in [0.3, 0.4) is 0 Å². The van der Waals surface area contributed by atoms with Gasteiger partial charge in [0.05, 0.1) is 11.8 Å². The van der Waals surface area contributed by atoms with Crippen molar-refractivity contribution in [3.8, 4) is 0 Å². The SMILES string of the molecule is FC(F)(F)Cc1cc2c(N3C[C@@H]4CNC[C@@H]43)ncnc2s1.S.S. The van der Waals surface area contributed by atoms with E-state index in [-0.39, 0.29) is 27.0 Å². The first-order valence-corrected chi connectivity index (χ1v) is 7.60. The van der Waals surface area contributed by atoms with Gasteiger partial charge in [0, 0.05) is 36.5 Å². The van der Waals surface area contributed by atoms with Crippen molar-refractivity contribution >= 4 is 54.4 Å². The summed E-state index contributed by atoms with van der Waals surface area (Å²) in [5.74, 6) is 1.40. The van der Waals surface area contributed by atoms with E-state index in [2.05, 4.69) is 20.2 Å². The number of fused-ring (bicyclic) bond motifs is 2. The van der Waals surface area contributed by atoms with Gasteiger partial charge in [-0.25, -0.2) is 9.97 Å². The van der Waals surface area contributed by atoms with Crippen LogP contribution in [0.4, 0.5) is 19.0 Å². The van der Waals surface area contributed by atoms with Gasteiger partial charge in [-0.3, -0.25) is 0 Å². The summed E-state index contributed by atoms with van der Waals surface area (Å²) in [6, 6.07) is 2.01.